The fourth-order valence-electron chi connectivity index (χ4n) is 2.54. The lowest BCUT2D eigenvalue weighted by Crippen LogP contribution is -2.51. The third kappa shape index (κ3) is 1.64. The highest BCUT2D eigenvalue weighted by Gasteiger charge is 2.38. The summed E-state index contributed by atoms with van der Waals surface area (Å²) in [5.41, 5.74) is 12.3. The van der Waals surface area contributed by atoms with Crippen LogP contribution in [0, 0.1) is 5.41 Å². The second kappa shape index (κ2) is 3.75. The molecule has 0 aromatic heterocycles. The first kappa shape index (κ1) is 10.0. The molecule has 0 spiro atoms. The molecule has 0 radical (unpaired) electrons. The summed E-state index contributed by atoms with van der Waals surface area (Å²) in [7, 11) is 0. The van der Waals surface area contributed by atoms with Crippen molar-refractivity contribution in [2.75, 3.05) is 0 Å². The van der Waals surface area contributed by atoms with Crippen molar-refractivity contribution in [3.8, 4) is 0 Å². The molecule has 2 unspecified atom stereocenters. The summed E-state index contributed by atoms with van der Waals surface area (Å²) >= 11 is 0. The molecule has 0 aliphatic heterocycles. The summed E-state index contributed by atoms with van der Waals surface area (Å²) in [5, 5.41) is 0. The van der Waals surface area contributed by atoms with Crippen molar-refractivity contribution in [3.05, 3.63) is 0 Å². The Balaban J connectivity index is 2.70. The predicted octanol–water partition coefficient (Wildman–Crippen LogP) is 1.63. The SMILES string of the molecule is CC(N)C1(C(C)N)CCCCC1. The van der Waals surface area contributed by atoms with Crippen molar-refractivity contribution in [1.82, 2.24) is 0 Å². The third-order valence-electron chi connectivity index (χ3n) is 3.60. The normalized spacial score (nSPS) is 28.0. The van der Waals surface area contributed by atoms with Crippen molar-refractivity contribution >= 4 is 0 Å². The van der Waals surface area contributed by atoms with Gasteiger partial charge in [-0.25, -0.2) is 0 Å². The summed E-state index contributed by atoms with van der Waals surface area (Å²) in [6.07, 6.45) is 6.43. The molecule has 2 nitrogen and oxygen atoms in total. The van der Waals surface area contributed by atoms with Gasteiger partial charge in [0.25, 0.3) is 0 Å². The van der Waals surface area contributed by atoms with Gasteiger partial charge in [-0.15, -0.1) is 0 Å². The highest BCUT2D eigenvalue weighted by molar-refractivity contribution is 4.95. The van der Waals surface area contributed by atoms with E-state index in [0.717, 1.165) is 0 Å². The fourth-order valence-corrected chi connectivity index (χ4v) is 2.54. The van der Waals surface area contributed by atoms with E-state index in [1.165, 1.54) is 32.1 Å². The zero-order valence-electron chi connectivity index (χ0n) is 8.34. The van der Waals surface area contributed by atoms with E-state index in [-0.39, 0.29) is 17.5 Å². The zero-order chi connectivity index (χ0) is 9.19. The highest BCUT2D eigenvalue weighted by atomic mass is 14.8. The average Bonchev–Trinajstić information content (AvgIpc) is 2.05. The van der Waals surface area contributed by atoms with Gasteiger partial charge in [0.1, 0.15) is 0 Å². The van der Waals surface area contributed by atoms with E-state index in [0.29, 0.717) is 0 Å². The van der Waals surface area contributed by atoms with Crippen LogP contribution in [0.15, 0.2) is 0 Å². The molecule has 0 saturated heterocycles. The second-order valence-corrected chi connectivity index (χ2v) is 4.37. The summed E-state index contributed by atoms with van der Waals surface area (Å²) in [6, 6.07) is 0.496. The first-order valence-corrected chi connectivity index (χ1v) is 5.11. The molecule has 1 rings (SSSR count). The van der Waals surface area contributed by atoms with Crippen molar-refractivity contribution < 1.29 is 0 Å². The van der Waals surface area contributed by atoms with Crippen LogP contribution in [0.3, 0.4) is 0 Å². The summed E-state index contributed by atoms with van der Waals surface area (Å²) in [4.78, 5) is 0. The maximum Gasteiger partial charge on any atom is 0.00817 e. The Morgan fingerprint density at radius 3 is 1.58 bits per heavy atom. The van der Waals surface area contributed by atoms with Gasteiger partial charge in [0.2, 0.25) is 0 Å². The standard InChI is InChI=1S/C10H22N2/c1-8(11)10(9(2)12)6-4-3-5-7-10/h8-9H,3-7,11-12H2,1-2H3. The molecule has 12 heavy (non-hydrogen) atoms. The number of hydrogen-bond donors (Lipinski definition) is 2. The molecule has 0 heterocycles. The maximum absolute atomic E-state index is 6.02. The van der Waals surface area contributed by atoms with E-state index >= 15 is 0 Å². The quantitative estimate of drug-likeness (QED) is 0.662. The second-order valence-electron chi connectivity index (χ2n) is 4.37. The highest BCUT2D eigenvalue weighted by Crippen LogP contribution is 2.40. The van der Waals surface area contributed by atoms with Crippen LogP contribution >= 0.6 is 0 Å². The van der Waals surface area contributed by atoms with Gasteiger partial charge in [-0.3, -0.25) is 0 Å². The van der Waals surface area contributed by atoms with Gasteiger partial charge in [-0.1, -0.05) is 19.3 Å². The van der Waals surface area contributed by atoms with Crippen LogP contribution < -0.4 is 11.5 Å². The Morgan fingerprint density at radius 2 is 1.33 bits per heavy atom. The molecule has 0 amide bonds. The minimum Gasteiger partial charge on any atom is -0.327 e. The molecule has 1 saturated carbocycles. The monoisotopic (exact) mass is 170 g/mol. The number of nitrogens with two attached hydrogens (primary N) is 2. The van der Waals surface area contributed by atoms with Gasteiger partial charge in [0.15, 0.2) is 0 Å². The molecule has 0 aromatic rings. The van der Waals surface area contributed by atoms with Crippen molar-refractivity contribution in [3.63, 3.8) is 0 Å². The van der Waals surface area contributed by atoms with Crippen molar-refractivity contribution in [2.24, 2.45) is 16.9 Å². The topological polar surface area (TPSA) is 52.0 Å². The lowest BCUT2D eigenvalue weighted by atomic mass is 9.66. The molecule has 0 bridgehead atoms. The molecule has 1 aliphatic carbocycles. The smallest absolute Gasteiger partial charge is 0.00817 e. The molecule has 4 N–H and O–H groups in total. The molecule has 2 atom stereocenters. The zero-order valence-corrected chi connectivity index (χ0v) is 8.34. The lowest BCUT2D eigenvalue weighted by Gasteiger charge is -2.43. The summed E-state index contributed by atoms with van der Waals surface area (Å²) in [6.45, 7) is 4.21. The summed E-state index contributed by atoms with van der Waals surface area (Å²) in [5.74, 6) is 0. The number of hydrogen-bond acceptors (Lipinski definition) is 2. The maximum atomic E-state index is 6.02. The van der Waals surface area contributed by atoms with Crippen molar-refractivity contribution in [2.45, 2.75) is 58.0 Å². The number of rotatable bonds is 2. The van der Waals surface area contributed by atoms with E-state index < -0.39 is 0 Å². The van der Waals surface area contributed by atoms with E-state index in [9.17, 15) is 0 Å². The lowest BCUT2D eigenvalue weighted by molar-refractivity contribution is 0.122. The average molecular weight is 170 g/mol. The third-order valence-corrected chi connectivity index (χ3v) is 3.60. The van der Waals surface area contributed by atoms with E-state index in [4.69, 9.17) is 11.5 Å². The van der Waals surface area contributed by atoms with Gasteiger partial charge >= 0.3 is 0 Å². The Kier molecular flexibility index (Phi) is 3.13. The van der Waals surface area contributed by atoms with Crippen LogP contribution in [0.4, 0.5) is 0 Å². The Hall–Kier alpha value is -0.0800. The van der Waals surface area contributed by atoms with Gasteiger partial charge in [0.05, 0.1) is 0 Å². The van der Waals surface area contributed by atoms with Gasteiger partial charge in [-0.05, 0) is 26.7 Å². The minimum atomic E-state index is 0.234. The molecular weight excluding hydrogens is 148 g/mol. The first-order chi connectivity index (χ1) is 5.59. The van der Waals surface area contributed by atoms with Gasteiger partial charge in [-0.2, -0.15) is 0 Å². The van der Waals surface area contributed by atoms with Crippen LogP contribution in [-0.4, -0.2) is 12.1 Å². The molecule has 1 aliphatic rings. The summed E-state index contributed by atoms with van der Waals surface area (Å²) < 4.78 is 0. The fraction of sp³-hybridized carbons (Fsp3) is 1.00. The Labute approximate surface area is 75.7 Å². The van der Waals surface area contributed by atoms with Crippen LogP contribution in [0.2, 0.25) is 0 Å². The first-order valence-electron chi connectivity index (χ1n) is 5.11. The molecule has 1 fully saturated rings. The minimum absolute atomic E-state index is 0.234. The molecular formula is C10H22N2. The van der Waals surface area contributed by atoms with Crippen LogP contribution in [0.5, 0.6) is 0 Å². The van der Waals surface area contributed by atoms with Crippen LogP contribution in [0.1, 0.15) is 46.0 Å². The van der Waals surface area contributed by atoms with E-state index in [1.807, 2.05) is 0 Å². The van der Waals surface area contributed by atoms with Crippen LogP contribution in [-0.2, 0) is 0 Å². The van der Waals surface area contributed by atoms with E-state index in [2.05, 4.69) is 13.8 Å². The van der Waals surface area contributed by atoms with E-state index in [1.54, 1.807) is 0 Å². The predicted molar refractivity (Wildman–Crippen MR) is 52.8 cm³/mol. The van der Waals surface area contributed by atoms with Gasteiger partial charge < -0.3 is 11.5 Å². The largest absolute Gasteiger partial charge is 0.327 e. The van der Waals surface area contributed by atoms with Gasteiger partial charge in [0, 0.05) is 17.5 Å². The van der Waals surface area contributed by atoms with Crippen molar-refractivity contribution in [1.29, 1.82) is 0 Å². The molecule has 2 heteroatoms. The van der Waals surface area contributed by atoms with Crippen LogP contribution in [0.25, 0.3) is 0 Å². The Morgan fingerprint density at radius 1 is 0.917 bits per heavy atom. The molecule has 0 aromatic carbocycles. The molecule has 72 valence electrons. The Bertz CT molecular complexity index is 125.